The maximum Gasteiger partial charge on any atom is 0.254 e. The van der Waals surface area contributed by atoms with Crippen LogP contribution in [0.25, 0.3) is 0 Å². The zero-order chi connectivity index (χ0) is 23.1. The molecule has 0 atom stereocenters. The second kappa shape index (κ2) is 10.7. The number of carbonyl (C=O) groups excluding carboxylic acids is 3. The lowest BCUT2D eigenvalue weighted by Gasteiger charge is -2.26. The van der Waals surface area contributed by atoms with Gasteiger partial charge in [0, 0.05) is 17.0 Å². The third kappa shape index (κ3) is 6.52. The average molecular weight is 455 g/mol. The van der Waals surface area contributed by atoms with E-state index in [-0.39, 0.29) is 36.7 Å². The summed E-state index contributed by atoms with van der Waals surface area (Å²) in [5.74, 6) is -0.0794. The van der Waals surface area contributed by atoms with Gasteiger partial charge >= 0.3 is 0 Å². The molecule has 2 N–H and O–H groups in total. The van der Waals surface area contributed by atoms with Crippen LogP contribution in [0.3, 0.4) is 0 Å². The van der Waals surface area contributed by atoms with Crippen LogP contribution in [0.1, 0.15) is 41.2 Å². The molecule has 0 spiro atoms. The van der Waals surface area contributed by atoms with Crippen molar-refractivity contribution < 1.29 is 18.8 Å². The van der Waals surface area contributed by atoms with E-state index >= 15 is 0 Å². The summed E-state index contributed by atoms with van der Waals surface area (Å²) in [6.45, 7) is 5.89. The Morgan fingerprint density at radius 3 is 2.53 bits per heavy atom. The van der Waals surface area contributed by atoms with Gasteiger partial charge in [0.05, 0.1) is 24.9 Å². The fraction of sp³-hybridized carbons (Fsp3) is 0.304. The van der Waals surface area contributed by atoms with Gasteiger partial charge in [-0.1, -0.05) is 17.7 Å². The number of anilines is 1. The standard InChI is InChI=1S/C23H26N4O4S/c1-15(2)27(22(30)17-8-6-16(3)7-9-17)13-21(29)26-23-25-18(14-32-23)11-20(28)24-12-19-5-4-10-31-19/h4-10,14-15H,11-13H2,1-3H3,(H,24,28)(H,25,26,29). The third-order valence-electron chi connectivity index (χ3n) is 4.68. The lowest BCUT2D eigenvalue weighted by atomic mass is 10.1. The van der Waals surface area contributed by atoms with Crippen LogP contribution in [0, 0.1) is 6.92 Å². The molecule has 0 unspecified atom stereocenters. The maximum absolute atomic E-state index is 12.8. The molecule has 0 bridgehead atoms. The molecule has 0 fully saturated rings. The van der Waals surface area contributed by atoms with E-state index in [2.05, 4.69) is 15.6 Å². The van der Waals surface area contributed by atoms with E-state index in [9.17, 15) is 14.4 Å². The van der Waals surface area contributed by atoms with Crippen LogP contribution in [-0.4, -0.2) is 40.2 Å². The second-order valence-electron chi connectivity index (χ2n) is 7.62. The van der Waals surface area contributed by atoms with Crippen molar-refractivity contribution in [3.63, 3.8) is 0 Å². The van der Waals surface area contributed by atoms with E-state index < -0.39 is 0 Å². The Labute approximate surface area is 190 Å². The van der Waals surface area contributed by atoms with Crippen molar-refractivity contribution in [2.24, 2.45) is 0 Å². The monoisotopic (exact) mass is 454 g/mol. The maximum atomic E-state index is 12.8. The zero-order valence-electron chi connectivity index (χ0n) is 18.3. The molecule has 0 aliphatic carbocycles. The predicted molar refractivity (Wildman–Crippen MR) is 122 cm³/mol. The summed E-state index contributed by atoms with van der Waals surface area (Å²) in [6.07, 6.45) is 1.64. The summed E-state index contributed by atoms with van der Waals surface area (Å²) < 4.78 is 5.18. The van der Waals surface area contributed by atoms with Crippen LogP contribution in [0.5, 0.6) is 0 Å². The molecule has 0 aliphatic heterocycles. The number of furan rings is 1. The summed E-state index contributed by atoms with van der Waals surface area (Å²) in [5, 5.41) is 7.58. The lowest BCUT2D eigenvalue weighted by Crippen LogP contribution is -2.42. The molecule has 0 saturated heterocycles. The molecule has 9 heteroatoms. The summed E-state index contributed by atoms with van der Waals surface area (Å²) in [7, 11) is 0. The number of aryl methyl sites for hydroxylation is 1. The highest BCUT2D eigenvalue weighted by Gasteiger charge is 2.22. The number of benzene rings is 1. The van der Waals surface area contributed by atoms with Crippen molar-refractivity contribution >= 4 is 34.2 Å². The molecule has 8 nitrogen and oxygen atoms in total. The topological polar surface area (TPSA) is 105 Å². The van der Waals surface area contributed by atoms with Gasteiger partial charge in [-0.2, -0.15) is 0 Å². The quantitative estimate of drug-likeness (QED) is 0.516. The van der Waals surface area contributed by atoms with E-state index in [1.807, 2.05) is 32.9 Å². The van der Waals surface area contributed by atoms with Crippen LogP contribution < -0.4 is 10.6 Å². The number of hydrogen-bond acceptors (Lipinski definition) is 6. The van der Waals surface area contributed by atoms with Crippen LogP contribution in [0.4, 0.5) is 5.13 Å². The normalized spacial score (nSPS) is 10.8. The number of thiazole rings is 1. The number of nitrogens with one attached hydrogen (secondary N) is 2. The molecule has 3 aromatic rings. The van der Waals surface area contributed by atoms with Crippen molar-refractivity contribution in [3.05, 3.63) is 70.6 Å². The van der Waals surface area contributed by atoms with Gasteiger partial charge in [0.1, 0.15) is 12.3 Å². The predicted octanol–water partition coefficient (Wildman–Crippen LogP) is 3.39. The number of hydrogen-bond donors (Lipinski definition) is 2. The minimum Gasteiger partial charge on any atom is -0.467 e. The molecule has 3 rings (SSSR count). The molecule has 168 valence electrons. The first-order chi connectivity index (χ1) is 15.3. The molecule has 2 aromatic heterocycles. The first-order valence-corrected chi connectivity index (χ1v) is 11.1. The summed E-state index contributed by atoms with van der Waals surface area (Å²) in [4.78, 5) is 43.3. The Morgan fingerprint density at radius 2 is 1.88 bits per heavy atom. The van der Waals surface area contributed by atoms with Gasteiger partial charge in [-0.3, -0.25) is 14.4 Å². The first-order valence-electron chi connectivity index (χ1n) is 10.2. The Kier molecular flexibility index (Phi) is 7.77. The minimum absolute atomic E-state index is 0.0943. The molecule has 32 heavy (non-hydrogen) atoms. The van der Waals surface area contributed by atoms with Gasteiger partial charge in [-0.15, -0.1) is 11.3 Å². The van der Waals surface area contributed by atoms with Crippen LogP contribution in [0.15, 0.2) is 52.5 Å². The van der Waals surface area contributed by atoms with Crippen molar-refractivity contribution in [1.82, 2.24) is 15.2 Å². The molecule has 0 radical (unpaired) electrons. The summed E-state index contributed by atoms with van der Waals surface area (Å²) >= 11 is 1.23. The van der Waals surface area contributed by atoms with Crippen LogP contribution in [-0.2, 0) is 22.6 Å². The van der Waals surface area contributed by atoms with Gasteiger partial charge in [0.25, 0.3) is 5.91 Å². The molecule has 1 aromatic carbocycles. The van der Waals surface area contributed by atoms with E-state index in [1.165, 1.54) is 16.2 Å². The SMILES string of the molecule is Cc1ccc(C(=O)N(CC(=O)Nc2nc(CC(=O)NCc3ccco3)cs2)C(C)C)cc1. The molecule has 0 saturated carbocycles. The van der Waals surface area contributed by atoms with Gasteiger partial charge in [0.15, 0.2) is 5.13 Å². The first kappa shape index (κ1) is 23.2. The number of amides is 3. The minimum atomic E-state index is -0.345. The zero-order valence-corrected chi connectivity index (χ0v) is 19.1. The van der Waals surface area contributed by atoms with E-state index in [1.54, 1.807) is 35.9 Å². The van der Waals surface area contributed by atoms with Crippen molar-refractivity contribution in [1.29, 1.82) is 0 Å². The molecule has 3 amide bonds. The number of carbonyl (C=O) groups is 3. The molecule has 2 heterocycles. The Hall–Kier alpha value is -3.46. The highest BCUT2D eigenvalue weighted by atomic mass is 32.1. The highest BCUT2D eigenvalue weighted by Crippen LogP contribution is 2.17. The fourth-order valence-electron chi connectivity index (χ4n) is 2.94. The van der Waals surface area contributed by atoms with E-state index in [0.717, 1.165) is 5.56 Å². The van der Waals surface area contributed by atoms with Crippen LogP contribution >= 0.6 is 11.3 Å². The number of nitrogens with zero attached hydrogens (tertiary/aromatic N) is 2. The Bertz CT molecular complexity index is 1060. The summed E-state index contributed by atoms with van der Waals surface area (Å²) in [6, 6.07) is 10.6. The molecular formula is C23H26N4O4S. The van der Waals surface area contributed by atoms with Crippen LogP contribution in [0.2, 0.25) is 0 Å². The van der Waals surface area contributed by atoms with Gasteiger partial charge in [-0.05, 0) is 45.0 Å². The van der Waals surface area contributed by atoms with Crippen molar-refractivity contribution in [2.45, 2.75) is 39.8 Å². The highest BCUT2D eigenvalue weighted by molar-refractivity contribution is 7.13. The number of aromatic nitrogens is 1. The van der Waals surface area contributed by atoms with Crippen molar-refractivity contribution in [2.75, 3.05) is 11.9 Å². The third-order valence-corrected chi connectivity index (χ3v) is 5.48. The van der Waals surface area contributed by atoms with Gasteiger partial charge in [0.2, 0.25) is 11.8 Å². The fourth-order valence-corrected chi connectivity index (χ4v) is 3.66. The van der Waals surface area contributed by atoms with Gasteiger partial charge in [-0.25, -0.2) is 4.98 Å². The largest absolute Gasteiger partial charge is 0.467 e. The van der Waals surface area contributed by atoms with Crippen molar-refractivity contribution in [3.8, 4) is 0 Å². The number of rotatable bonds is 9. The molecule has 0 aliphatic rings. The second-order valence-corrected chi connectivity index (χ2v) is 8.48. The Morgan fingerprint density at radius 1 is 1.12 bits per heavy atom. The van der Waals surface area contributed by atoms with E-state index in [0.29, 0.717) is 28.7 Å². The average Bonchev–Trinajstić information content (AvgIpc) is 3.42. The Balaban J connectivity index is 1.53. The van der Waals surface area contributed by atoms with E-state index in [4.69, 9.17) is 4.42 Å². The van der Waals surface area contributed by atoms with Gasteiger partial charge < -0.3 is 20.0 Å². The summed E-state index contributed by atoms with van der Waals surface area (Å²) in [5.41, 5.74) is 2.15. The molecular weight excluding hydrogens is 428 g/mol. The smallest absolute Gasteiger partial charge is 0.254 e. The lowest BCUT2D eigenvalue weighted by molar-refractivity contribution is -0.120.